The fourth-order valence-electron chi connectivity index (χ4n) is 0. The van der Waals surface area contributed by atoms with Gasteiger partial charge in [-0.05, 0) is 0 Å². The molecule has 0 saturated carbocycles. The first-order chi connectivity index (χ1) is 2.91. The van der Waals surface area contributed by atoms with E-state index in [1.807, 2.05) is 0 Å². The Bertz CT molecular complexity index is 13.7. The van der Waals surface area contributed by atoms with Crippen LogP contribution in [0.25, 0.3) is 0 Å². The zero-order chi connectivity index (χ0) is 5.41. The first-order valence-electron chi connectivity index (χ1n) is 1.09. The Morgan fingerprint density at radius 1 is 1.14 bits per heavy atom. The summed E-state index contributed by atoms with van der Waals surface area (Å²) in [6.07, 6.45) is 0. The van der Waals surface area contributed by atoms with E-state index in [1.165, 1.54) is 0 Å². The molecule has 0 aliphatic carbocycles. The van der Waals surface area contributed by atoms with E-state index < -0.39 is 0 Å². The van der Waals surface area contributed by atoms with Crippen molar-refractivity contribution in [1.29, 1.82) is 0 Å². The molecule has 0 aromatic carbocycles. The van der Waals surface area contributed by atoms with Crippen molar-refractivity contribution in [3.05, 3.63) is 7.18 Å². The molecule has 6 heteroatoms. The summed E-state index contributed by atoms with van der Waals surface area (Å²) in [6, 6.07) is 0. The molecule has 45 valence electrons. The third kappa shape index (κ3) is 30.6. The zero-order valence-corrected chi connectivity index (χ0v) is 9.39. The molecule has 0 aromatic heterocycles. The van der Waals surface area contributed by atoms with Crippen molar-refractivity contribution in [1.82, 2.24) is 0 Å². The predicted octanol–water partition coefficient (Wildman–Crippen LogP) is 2.58. The van der Waals surface area contributed by atoms with Gasteiger partial charge in [-0.2, -0.15) is 7.18 Å². The molecule has 4 unspecified atom stereocenters. The van der Waals surface area contributed by atoms with Crippen LogP contribution < -0.4 is 0 Å². The topological polar surface area (TPSA) is 0 Å². The first-order valence-corrected chi connectivity index (χ1v) is 7.71. The van der Waals surface area contributed by atoms with Gasteiger partial charge in [0, 0.05) is 18.6 Å². The van der Waals surface area contributed by atoms with Crippen molar-refractivity contribution < 1.29 is 22.9 Å². The fraction of sp³-hybridized carbons (Fsp3) is 0. The van der Waals surface area contributed by atoms with Gasteiger partial charge in [-0.25, -0.2) is 0 Å². The van der Waals surface area contributed by atoms with Crippen LogP contribution in [0.1, 0.15) is 0 Å². The Morgan fingerprint density at radius 3 is 1.29 bits per heavy atom. The van der Waals surface area contributed by atoms with E-state index in [1.54, 1.807) is 7.18 Å². The summed E-state index contributed by atoms with van der Waals surface area (Å²) in [4.78, 5) is 0. The summed E-state index contributed by atoms with van der Waals surface area (Å²) in [5.74, 6) is 0. The second-order valence-electron chi connectivity index (χ2n) is 0.289. The SMILES string of the molecule is PPPP.[CH2-]F.[V]. The number of hydrogen-bond acceptors (Lipinski definition) is 0. The summed E-state index contributed by atoms with van der Waals surface area (Å²) < 4.78 is 9.25. The van der Waals surface area contributed by atoms with E-state index in [9.17, 15) is 4.39 Å². The molecule has 7 heavy (non-hydrogen) atoms. The molecular formula is CH8FP4V-. The molecule has 0 N–H and O–H groups in total. The van der Waals surface area contributed by atoms with Gasteiger partial charge in [0.1, 0.15) is 0 Å². The molecule has 0 heterocycles. The van der Waals surface area contributed by atoms with Gasteiger partial charge in [0.15, 0.2) is 0 Å². The molecule has 0 saturated heterocycles. The third-order valence-electron chi connectivity index (χ3n) is 0.0833. The van der Waals surface area contributed by atoms with Crippen molar-refractivity contribution in [3.63, 3.8) is 0 Å². The molecule has 0 aromatic rings. The molecule has 0 aliphatic rings. The maximum atomic E-state index is 9.25. The van der Waals surface area contributed by atoms with E-state index in [2.05, 4.69) is 17.9 Å². The second kappa shape index (κ2) is 24.0. The van der Waals surface area contributed by atoms with Gasteiger partial charge in [0.05, 0.1) is 0 Å². The minimum absolute atomic E-state index is 0. The summed E-state index contributed by atoms with van der Waals surface area (Å²) in [6.45, 7) is 0. The molecular weight excluding hydrogens is 206 g/mol. The van der Waals surface area contributed by atoms with Crippen LogP contribution in [0, 0.1) is 7.18 Å². The Hall–Kier alpha value is 2.23. The second-order valence-corrected chi connectivity index (χ2v) is 7.79. The molecule has 0 aliphatic heterocycles. The van der Waals surface area contributed by atoms with E-state index in [4.69, 9.17) is 0 Å². The van der Waals surface area contributed by atoms with E-state index in [0.717, 1.165) is 15.9 Å². The quantitative estimate of drug-likeness (QED) is 0.464. The van der Waals surface area contributed by atoms with Gasteiger partial charge in [-0.3, -0.25) is 0 Å². The molecule has 0 rings (SSSR count). The van der Waals surface area contributed by atoms with Crippen molar-refractivity contribution in [2.75, 3.05) is 0 Å². The van der Waals surface area contributed by atoms with Crippen molar-refractivity contribution >= 4 is 33.8 Å². The predicted molar refractivity (Wildman–Crippen MR) is 42.5 cm³/mol. The van der Waals surface area contributed by atoms with Gasteiger partial charge < -0.3 is 4.39 Å². The molecule has 0 amide bonds. The van der Waals surface area contributed by atoms with Crippen molar-refractivity contribution in [3.8, 4) is 0 Å². The number of rotatable bonds is 1. The van der Waals surface area contributed by atoms with Crippen LogP contribution in [0.4, 0.5) is 4.39 Å². The van der Waals surface area contributed by atoms with Crippen LogP contribution in [0.15, 0.2) is 0 Å². The number of hydrogen-bond donors (Lipinski definition) is 0. The number of halogens is 1. The smallest absolute Gasteiger partial charge is 0 e. The van der Waals surface area contributed by atoms with E-state index in [0.29, 0.717) is 0 Å². The zero-order valence-electron chi connectivity index (χ0n) is 3.69. The van der Waals surface area contributed by atoms with Crippen LogP contribution in [0.2, 0.25) is 0 Å². The fourth-order valence-corrected chi connectivity index (χ4v) is 0. The summed E-state index contributed by atoms with van der Waals surface area (Å²) >= 11 is 0. The maximum Gasteiger partial charge on any atom is 0 e. The van der Waals surface area contributed by atoms with Gasteiger partial charge in [-0.15, -0.1) is 17.9 Å². The molecule has 0 nitrogen and oxygen atoms in total. The first kappa shape index (κ1) is 16.1. The average molecular weight is 214 g/mol. The van der Waals surface area contributed by atoms with Crippen LogP contribution in [0.3, 0.4) is 0 Å². The van der Waals surface area contributed by atoms with Gasteiger partial charge in [0.2, 0.25) is 0 Å². The average Bonchev–Trinajstić information content (AvgIpc) is 1.72. The van der Waals surface area contributed by atoms with Gasteiger partial charge in [-0.1, -0.05) is 15.9 Å². The summed E-state index contributed by atoms with van der Waals surface area (Å²) in [5.41, 5.74) is 0. The molecule has 0 fully saturated rings. The molecule has 0 bridgehead atoms. The van der Waals surface area contributed by atoms with Gasteiger partial charge in [0.25, 0.3) is 0 Å². The minimum Gasteiger partial charge on any atom is -0.463 e. The molecule has 0 spiro atoms. The van der Waals surface area contributed by atoms with Gasteiger partial charge >= 0.3 is 0 Å². The van der Waals surface area contributed by atoms with Crippen molar-refractivity contribution in [2.24, 2.45) is 0 Å². The Balaban J connectivity index is -0.0000000480. The molecule has 4 atom stereocenters. The third-order valence-corrected chi connectivity index (χ3v) is 6.75. The van der Waals surface area contributed by atoms with E-state index in [-0.39, 0.29) is 18.6 Å². The van der Waals surface area contributed by atoms with Crippen LogP contribution >= 0.6 is 33.8 Å². The largest absolute Gasteiger partial charge is 0.463 e. The molecule has 1 radical (unpaired) electrons. The maximum absolute atomic E-state index is 9.25. The van der Waals surface area contributed by atoms with Crippen LogP contribution in [-0.2, 0) is 18.6 Å². The van der Waals surface area contributed by atoms with Crippen LogP contribution in [-0.4, -0.2) is 0 Å². The monoisotopic (exact) mass is 214 g/mol. The summed E-state index contributed by atoms with van der Waals surface area (Å²) in [7, 11) is 9.19. The van der Waals surface area contributed by atoms with Crippen LogP contribution in [0.5, 0.6) is 0 Å². The normalized spacial score (nSPS) is 8.57. The minimum atomic E-state index is 0. The Morgan fingerprint density at radius 2 is 1.29 bits per heavy atom. The summed E-state index contributed by atoms with van der Waals surface area (Å²) in [5, 5.41) is 0. The Labute approximate surface area is 64.1 Å². The van der Waals surface area contributed by atoms with Crippen molar-refractivity contribution in [2.45, 2.75) is 0 Å². The van der Waals surface area contributed by atoms with E-state index >= 15 is 0 Å². The standard InChI is InChI=1S/CH2F.H6P4.V/c1-2;1-3-4-2;/h1H2;3-4H,1-2H2;/q-1;;. The Kier molecular flexibility index (Phi) is 55.3.